The summed E-state index contributed by atoms with van der Waals surface area (Å²) in [5.74, 6) is -0.179. The van der Waals surface area contributed by atoms with Crippen LogP contribution < -0.4 is 10.2 Å². The van der Waals surface area contributed by atoms with E-state index >= 15 is 0 Å². The molecule has 0 fully saturated rings. The lowest BCUT2D eigenvalue weighted by molar-refractivity contribution is -0.870. The fraction of sp³-hybridized carbons (Fsp3) is 0.894. The van der Waals surface area contributed by atoms with E-state index in [2.05, 4.69) is 43.5 Å². The molecule has 0 aromatic carbocycles. The van der Waals surface area contributed by atoms with Crippen LogP contribution in [0.15, 0.2) is 24.3 Å². The Labute approximate surface area is 347 Å². The van der Waals surface area contributed by atoms with Crippen LogP contribution in [0.3, 0.4) is 0 Å². The highest BCUT2D eigenvalue weighted by molar-refractivity contribution is 7.45. The first-order valence-corrected chi connectivity index (χ1v) is 25.1. The molecule has 0 aromatic rings. The van der Waals surface area contributed by atoms with Gasteiger partial charge < -0.3 is 28.8 Å². The molecule has 0 saturated carbocycles. The van der Waals surface area contributed by atoms with Gasteiger partial charge in [0.05, 0.1) is 39.9 Å². The van der Waals surface area contributed by atoms with Crippen LogP contribution in [0.25, 0.3) is 0 Å². The number of carbonyl (C=O) groups excluding carboxylic acids is 1. The number of allylic oxidation sites excluding steroid dienone is 4. The van der Waals surface area contributed by atoms with Gasteiger partial charge in [-0.2, -0.15) is 0 Å². The largest absolute Gasteiger partial charge is 0.756 e. The van der Waals surface area contributed by atoms with Crippen molar-refractivity contribution in [3.63, 3.8) is 0 Å². The van der Waals surface area contributed by atoms with Crippen molar-refractivity contribution >= 4 is 13.7 Å². The van der Waals surface area contributed by atoms with Gasteiger partial charge in [-0.25, -0.2) is 0 Å². The van der Waals surface area contributed by atoms with Crippen molar-refractivity contribution < 1.29 is 32.9 Å². The number of likely N-dealkylation sites (N-methyl/N-ethyl adjacent to an activating group) is 1. The molecule has 0 spiro atoms. The standard InChI is InChI=1S/C47H93N2O6P/c1-6-8-10-12-14-16-18-20-21-22-23-24-25-26-27-29-30-32-34-36-38-40-46(50)45(44-55-56(52,53)54-43-42-49(3,4)5)48-47(51)41-39-37-35-33-31-28-19-17-15-13-11-9-7-2/h11,13,17,19,45-46,50H,6-10,12,14-16,18,20-44H2,1-5H3,(H-,48,51,52,53)/b13-11-,19-17-. The Bertz CT molecular complexity index is 969. The lowest BCUT2D eigenvalue weighted by Crippen LogP contribution is -2.46. The van der Waals surface area contributed by atoms with Crippen molar-refractivity contribution in [1.29, 1.82) is 0 Å². The van der Waals surface area contributed by atoms with Gasteiger partial charge in [0.15, 0.2) is 0 Å². The summed E-state index contributed by atoms with van der Waals surface area (Å²) >= 11 is 0. The second-order valence-corrected chi connectivity index (χ2v) is 18.9. The Balaban J connectivity index is 4.27. The number of carbonyl (C=O) groups is 1. The minimum Gasteiger partial charge on any atom is -0.756 e. The Kier molecular flexibility index (Phi) is 38.7. The molecular formula is C47H93N2O6P. The van der Waals surface area contributed by atoms with Gasteiger partial charge in [0, 0.05) is 6.42 Å². The van der Waals surface area contributed by atoms with Crippen molar-refractivity contribution in [2.24, 2.45) is 0 Å². The average molecular weight is 813 g/mol. The summed E-state index contributed by atoms with van der Waals surface area (Å²) < 4.78 is 23.3. The van der Waals surface area contributed by atoms with Crippen LogP contribution in [-0.2, 0) is 18.4 Å². The first-order valence-electron chi connectivity index (χ1n) is 23.7. The van der Waals surface area contributed by atoms with E-state index in [0.717, 1.165) is 70.6 Å². The molecule has 0 aromatic heterocycles. The second-order valence-electron chi connectivity index (χ2n) is 17.5. The quantitative estimate of drug-likeness (QED) is 0.0275. The Morgan fingerprint density at radius 1 is 0.625 bits per heavy atom. The van der Waals surface area contributed by atoms with E-state index in [1.807, 2.05) is 21.1 Å². The Hall–Kier alpha value is -1.02. The number of unbranched alkanes of at least 4 members (excludes halogenated alkanes) is 26. The summed E-state index contributed by atoms with van der Waals surface area (Å²) in [6, 6.07) is -0.805. The molecule has 0 rings (SSSR count). The maximum Gasteiger partial charge on any atom is 0.268 e. The second kappa shape index (κ2) is 39.4. The molecule has 0 heterocycles. The predicted molar refractivity (Wildman–Crippen MR) is 238 cm³/mol. The topological polar surface area (TPSA) is 108 Å². The van der Waals surface area contributed by atoms with Gasteiger partial charge in [-0.1, -0.05) is 199 Å². The van der Waals surface area contributed by atoms with E-state index < -0.39 is 20.0 Å². The summed E-state index contributed by atoms with van der Waals surface area (Å²) in [7, 11) is 1.30. The number of aliphatic hydroxyl groups is 1. The predicted octanol–water partition coefficient (Wildman–Crippen LogP) is 12.7. The number of nitrogens with zero attached hydrogens (tertiary/aromatic N) is 1. The van der Waals surface area contributed by atoms with Gasteiger partial charge >= 0.3 is 0 Å². The number of phosphoric ester groups is 1. The average Bonchev–Trinajstić information content (AvgIpc) is 3.15. The number of rotatable bonds is 43. The van der Waals surface area contributed by atoms with Gasteiger partial charge in [0.25, 0.3) is 7.82 Å². The highest BCUT2D eigenvalue weighted by Crippen LogP contribution is 2.38. The molecule has 0 saturated heterocycles. The number of hydrogen-bond donors (Lipinski definition) is 2. The van der Waals surface area contributed by atoms with Crippen LogP contribution in [0.1, 0.15) is 219 Å². The van der Waals surface area contributed by atoms with Gasteiger partial charge in [-0.05, 0) is 38.5 Å². The molecule has 9 heteroatoms. The molecule has 56 heavy (non-hydrogen) atoms. The van der Waals surface area contributed by atoms with E-state index in [1.54, 1.807) is 0 Å². The van der Waals surface area contributed by atoms with Crippen LogP contribution in [0.4, 0.5) is 0 Å². The smallest absolute Gasteiger partial charge is 0.268 e. The molecule has 0 aliphatic carbocycles. The zero-order valence-corrected chi connectivity index (χ0v) is 38.5. The lowest BCUT2D eigenvalue weighted by Gasteiger charge is -2.30. The molecule has 0 bridgehead atoms. The zero-order valence-electron chi connectivity index (χ0n) is 37.6. The van der Waals surface area contributed by atoms with E-state index in [-0.39, 0.29) is 19.1 Å². The van der Waals surface area contributed by atoms with E-state index in [1.165, 1.54) is 122 Å². The summed E-state index contributed by atoms with van der Waals surface area (Å²) in [4.78, 5) is 25.3. The van der Waals surface area contributed by atoms with Crippen LogP contribution in [0.5, 0.6) is 0 Å². The summed E-state index contributed by atoms with van der Waals surface area (Å²) in [6.07, 6.45) is 46.1. The maximum absolute atomic E-state index is 12.9. The van der Waals surface area contributed by atoms with E-state index in [0.29, 0.717) is 23.9 Å². The van der Waals surface area contributed by atoms with Gasteiger partial charge in [-0.3, -0.25) is 9.36 Å². The molecular weight excluding hydrogens is 719 g/mol. The van der Waals surface area contributed by atoms with E-state index in [9.17, 15) is 19.4 Å². The third kappa shape index (κ3) is 41.2. The van der Waals surface area contributed by atoms with Crippen molar-refractivity contribution in [2.75, 3.05) is 40.9 Å². The number of nitrogens with one attached hydrogen (secondary N) is 1. The van der Waals surface area contributed by atoms with Crippen LogP contribution >= 0.6 is 7.82 Å². The number of phosphoric acid groups is 1. The minimum atomic E-state index is -4.57. The monoisotopic (exact) mass is 813 g/mol. The minimum absolute atomic E-state index is 0.00990. The SMILES string of the molecule is CCC/C=C\C/C=C\CCCCCCCC(=O)NC(COP(=O)([O-])OCC[N+](C)(C)C)C(O)CCCCCCCCCCCCCCCCCCCCCCC. The molecule has 0 aliphatic heterocycles. The van der Waals surface area contributed by atoms with Gasteiger partial charge in [-0.15, -0.1) is 0 Å². The third-order valence-corrected chi connectivity index (χ3v) is 11.6. The normalized spacial score (nSPS) is 14.5. The molecule has 8 nitrogen and oxygen atoms in total. The zero-order chi connectivity index (χ0) is 41.4. The highest BCUT2D eigenvalue weighted by Gasteiger charge is 2.24. The van der Waals surface area contributed by atoms with Crippen molar-refractivity contribution in [2.45, 2.75) is 231 Å². The maximum atomic E-state index is 12.9. The number of aliphatic hydroxyl groups excluding tert-OH is 1. The van der Waals surface area contributed by atoms with E-state index in [4.69, 9.17) is 9.05 Å². The number of quaternary nitrogens is 1. The van der Waals surface area contributed by atoms with Crippen molar-refractivity contribution in [3.8, 4) is 0 Å². The first-order chi connectivity index (χ1) is 27.0. The summed E-state index contributed by atoms with van der Waals surface area (Å²) in [6.45, 7) is 4.65. The Morgan fingerprint density at radius 2 is 1.07 bits per heavy atom. The molecule has 3 unspecified atom stereocenters. The lowest BCUT2D eigenvalue weighted by atomic mass is 10.0. The van der Waals surface area contributed by atoms with Gasteiger partial charge in [0.2, 0.25) is 5.91 Å². The molecule has 332 valence electrons. The van der Waals surface area contributed by atoms with Crippen LogP contribution in [0, 0.1) is 0 Å². The third-order valence-electron chi connectivity index (χ3n) is 10.7. The summed E-state index contributed by atoms with van der Waals surface area (Å²) in [5.41, 5.74) is 0. The molecule has 2 N–H and O–H groups in total. The fourth-order valence-corrected chi connectivity index (χ4v) is 7.62. The Morgan fingerprint density at radius 3 is 1.55 bits per heavy atom. The van der Waals surface area contributed by atoms with Crippen LogP contribution in [0.2, 0.25) is 0 Å². The first kappa shape index (κ1) is 55.0. The molecule has 1 amide bonds. The van der Waals surface area contributed by atoms with Crippen molar-refractivity contribution in [1.82, 2.24) is 5.32 Å². The molecule has 0 aliphatic rings. The molecule has 3 atom stereocenters. The highest BCUT2D eigenvalue weighted by atomic mass is 31.2. The van der Waals surface area contributed by atoms with Crippen molar-refractivity contribution in [3.05, 3.63) is 24.3 Å². The van der Waals surface area contributed by atoms with Gasteiger partial charge in [0.1, 0.15) is 13.2 Å². The number of amides is 1. The van der Waals surface area contributed by atoms with Crippen LogP contribution in [-0.4, -0.2) is 68.5 Å². The fourth-order valence-electron chi connectivity index (χ4n) is 6.90. The summed E-state index contributed by atoms with van der Waals surface area (Å²) in [5, 5.41) is 13.9. The molecule has 0 radical (unpaired) electrons. The number of hydrogen-bond acceptors (Lipinski definition) is 6.